The van der Waals surface area contributed by atoms with Crippen molar-refractivity contribution in [2.75, 3.05) is 26.4 Å². The minimum Gasteiger partial charge on any atom is -0.394 e. The number of nitrogens with one attached hydrogen (secondary N) is 1. The van der Waals surface area contributed by atoms with E-state index in [-0.39, 0.29) is 18.9 Å². The molecule has 12 N–H and O–H groups in total. The van der Waals surface area contributed by atoms with Crippen LogP contribution in [0.4, 0.5) is 0 Å². The second-order valence-corrected chi connectivity index (χ2v) is 24.3. The third kappa shape index (κ3) is 31.5. The summed E-state index contributed by atoms with van der Waals surface area (Å²) in [5.41, 5.74) is 0. The van der Waals surface area contributed by atoms with Gasteiger partial charge in [-0.2, -0.15) is 0 Å². The first kappa shape index (κ1) is 77.3. The van der Waals surface area contributed by atoms with Crippen molar-refractivity contribution in [1.29, 1.82) is 0 Å². The maximum Gasteiger partial charge on any atom is 0.220 e. The van der Waals surface area contributed by atoms with E-state index in [2.05, 4.69) is 43.5 Å². The van der Waals surface area contributed by atoms with Crippen LogP contribution in [0.1, 0.15) is 245 Å². The standard InChI is InChI=1S/C66H121NO18/c1-3-5-7-9-11-13-15-17-19-20-21-22-23-24-25-26-27-28-29-30-32-34-36-38-40-42-44-54(72)67-49(50(71)43-41-39-37-35-33-31-18-16-14-12-10-8-6-4-2)48-80-64-60(78)57(75)62(52(46-69)82-64)85-66-61(79)58(76)63(53(47-70)83-66)84-65-59(77)56(74)55(73)51(45-68)81-65/h14,16,33,35,41,43,49-53,55-66,68-71,73-79H,3-13,15,17-32,34,36-40,42,44-48H2,1-2H3,(H,67,72)/b16-14+,35-33+,43-41+. The Kier molecular flexibility index (Phi) is 44.4. The minimum atomic E-state index is -1.98. The molecule has 3 rings (SSSR count). The smallest absolute Gasteiger partial charge is 0.220 e. The number of unbranched alkanes of at least 4 members (excludes halogenated alkanes) is 31. The van der Waals surface area contributed by atoms with Crippen LogP contribution in [0.15, 0.2) is 36.5 Å². The van der Waals surface area contributed by atoms with Crippen molar-refractivity contribution in [1.82, 2.24) is 5.32 Å². The second-order valence-electron chi connectivity index (χ2n) is 24.3. The summed E-state index contributed by atoms with van der Waals surface area (Å²) in [6.07, 6.45) is 28.5. The van der Waals surface area contributed by atoms with Crippen LogP contribution in [0, 0.1) is 0 Å². The van der Waals surface area contributed by atoms with Gasteiger partial charge < -0.3 is 89.9 Å². The summed E-state index contributed by atoms with van der Waals surface area (Å²) < 4.78 is 34.3. The van der Waals surface area contributed by atoms with Gasteiger partial charge in [0.1, 0.15) is 73.2 Å². The van der Waals surface area contributed by atoms with E-state index in [0.717, 1.165) is 44.9 Å². The minimum absolute atomic E-state index is 0.236. The Hall–Kier alpha value is -1.99. The molecule has 3 fully saturated rings. The molecule has 0 saturated carbocycles. The molecule has 3 aliphatic rings. The van der Waals surface area contributed by atoms with Crippen LogP contribution in [0.3, 0.4) is 0 Å². The number of rotatable bonds is 51. The van der Waals surface area contributed by atoms with E-state index < -0.39 is 124 Å². The van der Waals surface area contributed by atoms with E-state index in [1.165, 1.54) is 167 Å². The lowest BCUT2D eigenvalue weighted by Crippen LogP contribution is -2.66. The summed E-state index contributed by atoms with van der Waals surface area (Å²) in [5.74, 6) is -0.287. The molecule has 17 unspecified atom stereocenters. The molecule has 19 nitrogen and oxygen atoms in total. The fourth-order valence-corrected chi connectivity index (χ4v) is 11.4. The zero-order valence-corrected chi connectivity index (χ0v) is 52.3. The highest BCUT2D eigenvalue weighted by atomic mass is 16.8. The largest absolute Gasteiger partial charge is 0.394 e. The number of hydrogen-bond acceptors (Lipinski definition) is 18. The highest BCUT2D eigenvalue weighted by Gasteiger charge is 2.53. The number of ether oxygens (including phenoxy) is 6. The van der Waals surface area contributed by atoms with Crippen LogP contribution in [0.2, 0.25) is 0 Å². The lowest BCUT2D eigenvalue weighted by molar-refractivity contribution is -0.379. The fraction of sp³-hybridized carbons (Fsp3) is 0.894. The number of carbonyl (C=O) groups is 1. The molecule has 0 aliphatic carbocycles. The van der Waals surface area contributed by atoms with Gasteiger partial charge in [0.25, 0.3) is 0 Å². The van der Waals surface area contributed by atoms with Gasteiger partial charge in [-0.15, -0.1) is 0 Å². The third-order valence-electron chi connectivity index (χ3n) is 16.9. The first-order chi connectivity index (χ1) is 41.3. The monoisotopic (exact) mass is 1220 g/mol. The highest BCUT2D eigenvalue weighted by molar-refractivity contribution is 5.76. The molecular weight excluding hydrogens is 1090 g/mol. The molecule has 0 spiro atoms. The van der Waals surface area contributed by atoms with Gasteiger partial charge in [0.2, 0.25) is 5.91 Å². The Morgan fingerprint density at radius 2 is 0.753 bits per heavy atom. The topological polar surface area (TPSA) is 307 Å². The molecular formula is C66H121NO18. The number of amides is 1. The van der Waals surface area contributed by atoms with Gasteiger partial charge in [-0.1, -0.05) is 230 Å². The maximum atomic E-state index is 13.4. The first-order valence-electron chi connectivity index (χ1n) is 33.7. The average molecular weight is 1220 g/mol. The van der Waals surface area contributed by atoms with Crippen molar-refractivity contribution in [3.05, 3.63) is 36.5 Å². The van der Waals surface area contributed by atoms with Gasteiger partial charge in [0.15, 0.2) is 18.9 Å². The predicted molar refractivity (Wildman–Crippen MR) is 328 cm³/mol. The Balaban J connectivity index is 1.42. The average Bonchev–Trinajstić information content (AvgIpc) is 3.15. The summed E-state index contributed by atoms with van der Waals surface area (Å²) >= 11 is 0. The molecule has 0 radical (unpaired) electrons. The first-order valence-corrected chi connectivity index (χ1v) is 33.7. The number of carbonyl (C=O) groups excluding carboxylic acids is 1. The van der Waals surface area contributed by atoms with Gasteiger partial charge in [-0.3, -0.25) is 4.79 Å². The molecule has 0 aromatic heterocycles. The van der Waals surface area contributed by atoms with Crippen LogP contribution in [0.25, 0.3) is 0 Å². The molecule has 0 aromatic rings. The van der Waals surface area contributed by atoms with E-state index in [4.69, 9.17) is 28.4 Å². The van der Waals surface area contributed by atoms with Gasteiger partial charge in [-0.25, -0.2) is 0 Å². The van der Waals surface area contributed by atoms with Gasteiger partial charge in [-0.05, 0) is 44.9 Å². The molecule has 3 aliphatic heterocycles. The van der Waals surface area contributed by atoms with Crippen molar-refractivity contribution in [3.8, 4) is 0 Å². The van der Waals surface area contributed by atoms with Crippen LogP contribution < -0.4 is 5.32 Å². The zero-order chi connectivity index (χ0) is 61.9. The Labute approximate surface area is 511 Å². The number of aliphatic hydroxyl groups excluding tert-OH is 11. The summed E-state index contributed by atoms with van der Waals surface area (Å²) in [7, 11) is 0. The van der Waals surface area contributed by atoms with E-state index in [0.29, 0.717) is 12.8 Å². The highest BCUT2D eigenvalue weighted by Crippen LogP contribution is 2.33. The molecule has 17 atom stereocenters. The van der Waals surface area contributed by atoms with Crippen molar-refractivity contribution in [2.45, 2.75) is 349 Å². The number of allylic oxidation sites excluding steroid dienone is 5. The van der Waals surface area contributed by atoms with E-state index in [1.807, 2.05) is 6.08 Å². The Morgan fingerprint density at radius 1 is 0.412 bits per heavy atom. The van der Waals surface area contributed by atoms with Crippen molar-refractivity contribution >= 4 is 5.91 Å². The second kappa shape index (κ2) is 48.8. The van der Waals surface area contributed by atoms with Gasteiger partial charge in [0, 0.05) is 6.42 Å². The Bertz CT molecular complexity index is 1690. The van der Waals surface area contributed by atoms with Crippen molar-refractivity contribution in [2.24, 2.45) is 0 Å². The van der Waals surface area contributed by atoms with Gasteiger partial charge >= 0.3 is 0 Å². The molecule has 85 heavy (non-hydrogen) atoms. The summed E-state index contributed by atoms with van der Waals surface area (Å²) in [6.45, 7) is 1.69. The molecule has 0 aromatic carbocycles. The van der Waals surface area contributed by atoms with Crippen molar-refractivity contribution in [3.63, 3.8) is 0 Å². The summed E-state index contributed by atoms with van der Waals surface area (Å²) in [4.78, 5) is 13.4. The number of hydrogen-bond donors (Lipinski definition) is 12. The van der Waals surface area contributed by atoms with E-state index in [9.17, 15) is 61.0 Å². The van der Waals surface area contributed by atoms with Crippen LogP contribution >= 0.6 is 0 Å². The molecule has 1 amide bonds. The predicted octanol–water partition coefficient (Wildman–Crippen LogP) is 8.05. The van der Waals surface area contributed by atoms with Crippen LogP contribution in [0.5, 0.6) is 0 Å². The summed E-state index contributed by atoms with van der Waals surface area (Å²) in [5, 5.41) is 120. The van der Waals surface area contributed by atoms with Gasteiger partial charge in [0.05, 0.1) is 38.6 Å². The SMILES string of the molecule is CCCCCC/C=C/CC/C=C/CC/C=C/C(O)C(COC1OC(CO)C(OC2OC(CO)C(OC3OC(CO)C(O)C(O)C3O)C(O)C2O)C(O)C1O)NC(=O)CCCCCCCCCCCCCCCCCCCCCCCCCCCC. The molecule has 3 saturated heterocycles. The van der Waals surface area contributed by atoms with Crippen molar-refractivity contribution < 1.29 is 89.4 Å². The Morgan fingerprint density at radius 3 is 1.18 bits per heavy atom. The maximum absolute atomic E-state index is 13.4. The van der Waals surface area contributed by atoms with E-state index in [1.54, 1.807) is 6.08 Å². The molecule has 19 heteroatoms. The quantitative estimate of drug-likeness (QED) is 0.0202. The third-order valence-corrected chi connectivity index (χ3v) is 16.9. The summed E-state index contributed by atoms with van der Waals surface area (Å²) in [6, 6.07) is -0.993. The normalized spacial score (nSPS) is 29.2. The zero-order valence-electron chi connectivity index (χ0n) is 52.3. The fourth-order valence-electron chi connectivity index (χ4n) is 11.4. The van der Waals surface area contributed by atoms with E-state index >= 15 is 0 Å². The van der Waals surface area contributed by atoms with Crippen LogP contribution in [-0.4, -0.2) is 193 Å². The molecule has 498 valence electrons. The number of aliphatic hydroxyl groups is 11. The lowest BCUT2D eigenvalue weighted by Gasteiger charge is -2.48. The molecule has 3 heterocycles. The molecule has 0 bridgehead atoms. The van der Waals surface area contributed by atoms with Crippen LogP contribution in [-0.2, 0) is 33.2 Å². The lowest BCUT2D eigenvalue weighted by atomic mass is 9.96.